The molecule has 15 nitrogen and oxygen atoms in total. The van der Waals surface area contributed by atoms with E-state index in [4.69, 9.17) is 10.6 Å². The van der Waals surface area contributed by atoms with Gasteiger partial charge in [-0.15, -0.1) is 11.8 Å². The number of carbonyl (C=O) groups excluding carboxylic acids is 3. The first-order chi connectivity index (χ1) is 18.5. The molecule has 1 fully saturated rings. The van der Waals surface area contributed by atoms with Gasteiger partial charge in [-0.1, -0.05) is 5.16 Å². The number of aryl methyl sites for hydroxylation is 1. The number of nitrogens with zero attached hydrogens (tertiary/aromatic N) is 5. The average molecular weight is 620 g/mol. The number of rotatable bonds is 11. The van der Waals surface area contributed by atoms with Gasteiger partial charge in [-0.3, -0.25) is 14.5 Å². The summed E-state index contributed by atoms with van der Waals surface area (Å²) >= 11 is 2.12. The largest absolute Gasteiger partial charge is 1.00 e. The van der Waals surface area contributed by atoms with Gasteiger partial charge in [0.05, 0.1) is 21.8 Å². The van der Waals surface area contributed by atoms with Crippen LogP contribution in [0.25, 0.3) is 0 Å². The minimum atomic E-state index is -4.34. The Labute approximate surface area is 259 Å². The maximum atomic E-state index is 13.0. The van der Waals surface area contributed by atoms with Crippen molar-refractivity contribution in [2.75, 3.05) is 23.8 Å². The van der Waals surface area contributed by atoms with Crippen LogP contribution in [0.2, 0.25) is 0 Å². The van der Waals surface area contributed by atoms with Crippen molar-refractivity contribution < 1.29 is 71.4 Å². The monoisotopic (exact) mass is 619 g/mol. The number of amides is 2. The molecule has 4 rings (SSSR count). The van der Waals surface area contributed by atoms with Gasteiger partial charge in [-0.25, -0.2) is 13.0 Å². The van der Waals surface area contributed by atoms with E-state index in [1.165, 1.54) is 11.8 Å². The van der Waals surface area contributed by atoms with Crippen molar-refractivity contribution in [2.45, 2.75) is 31.3 Å². The Balaban J connectivity index is 0.00000441. The standard InChI is InChI=1S/C21H23N7O8S3.Na/c1-2-36-25-13(16-24-21(22)38-26-16)17(29)23-14-18(30)28-15(20(31)32)12(10-37-19(14)28)9-27-6-3-11(4-7-27)5-8-39(33,34)35;/h3-4,6-7,14,19H,2,5,8-10H2,1H3,(H4-,22,23,24,26,29,31,32,33,34,35);/q;+1/p-1/t14?,19-;/m0./s1. The first-order valence-electron chi connectivity index (χ1n) is 11.4. The molecule has 0 aliphatic carbocycles. The fraction of sp³-hybridized carbons (Fsp3) is 0.381. The number of aliphatic carboxylic acids is 1. The van der Waals surface area contributed by atoms with Crippen molar-refractivity contribution in [1.82, 2.24) is 19.6 Å². The molecule has 2 amide bonds. The number of carbonyl (C=O) groups is 3. The molecule has 4 heterocycles. The number of nitrogens with two attached hydrogens (primary N) is 1. The molecule has 2 aliphatic heterocycles. The number of oxime groups is 1. The van der Waals surface area contributed by atoms with Crippen LogP contribution in [0.4, 0.5) is 5.13 Å². The molecular weight excluding hydrogens is 597 g/mol. The zero-order valence-corrected chi connectivity index (χ0v) is 25.8. The van der Waals surface area contributed by atoms with E-state index in [0.717, 1.165) is 16.4 Å². The molecule has 0 radical (unpaired) electrons. The molecular formula is C21H22N7NaO8S3. The molecule has 3 N–H and O–H groups in total. The number of thioether (sulfide) groups is 1. The number of anilines is 1. The van der Waals surface area contributed by atoms with Crippen LogP contribution < -0.4 is 50.3 Å². The van der Waals surface area contributed by atoms with Crippen molar-refractivity contribution in [3.05, 3.63) is 47.2 Å². The Hall–Kier alpha value is -2.61. The number of pyridine rings is 1. The zero-order chi connectivity index (χ0) is 28.3. The number of β-lactam (4-membered cyclic amide) rings is 1. The predicted octanol–water partition coefficient (Wildman–Crippen LogP) is -5.66. The molecule has 2 aliphatic rings. The Morgan fingerprint density at radius 3 is 2.62 bits per heavy atom. The van der Waals surface area contributed by atoms with Gasteiger partial charge in [0.2, 0.25) is 11.5 Å². The molecule has 2 atom stereocenters. The van der Waals surface area contributed by atoms with Crippen molar-refractivity contribution in [3.8, 4) is 0 Å². The number of aromatic nitrogens is 3. The number of carboxylic acids is 1. The quantitative estimate of drug-likeness (QED) is 0.0600. The van der Waals surface area contributed by atoms with Gasteiger partial charge in [-0.05, 0) is 18.9 Å². The normalized spacial score (nSPS) is 18.9. The summed E-state index contributed by atoms with van der Waals surface area (Å²) < 4.78 is 38.1. The maximum Gasteiger partial charge on any atom is 1.00 e. The second-order valence-electron chi connectivity index (χ2n) is 8.30. The minimum absolute atomic E-state index is 0. The number of nitrogen functional groups attached to an aromatic ring is 1. The van der Waals surface area contributed by atoms with E-state index in [1.807, 2.05) is 0 Å². The number of fused-ring (bicyclic) bond motifs is 1. The molecule has 1 unspecified atom stereocenters. The summed E-state index contributed by atoms with van der Waals surface area (Å²) in [5, 5.41) is 17.7. The van der Waals surface area contributed by atoms with Gasteiger partial charge >= 0.3 is 29.6 Å². The smallest absolute Gasteiger partial charge is 0.748 e. The van der Waals surface area contributed by atoms with E-state index in [9.17, 15) is 32.5 Å². The Morgan fingerprint density at radius 1 is 1.35 bits per heavy atom. The average Bonchev–Trinajstić information content (AvgIpc) is 3.31. The van der Waals surface area contributed by atoms with Gasteiger partial charge in [0.25, 0.3) is 11.8 Å². The predicted molar refractivity (Wildman–Crippen MR) is 134 cm³/mol. The maximum absolute atomic E-state index is 13.0. The van der Waals surface area contributed by atoms with Crippen molar-refractivity contribution >= 4 is 62.0 Å². The molecule has 2 aromatic rings. The van der Waals surface area contributed by atoms with E-state index >= 15 is 0 Å². The summed E-state index contributed by atoms with van der Waals surface area (Å²) in [6.07, 6.45) is 3.28. The van der Waals surface area contributed by atoms with E-state index in [0.29, 0.717) is 11.1 Å². The first-order valence-corrected chi connectivity index (χ1v) is 14.8. The van der Waals surface area contributed by atoms with Gasteiger partial charge in [0, 0.05) is 40.7 Å². The Bertz CT molecular complexity index is 1460. The van der Waals surface area contributed by atoms with Crippen LogP contribution in [0.15, 0.2) is 41.0 Å². The van der Waals surface area contributed by atoms with Crippen LogP contribution in [0.5, 0.6) is 0 Å². The fourth-order valence-electron chi connectivity index (χ4n) is 3.87. The molecule has 0 bridgehead atoms. The number of carboxylic acid groups (broad SMARTS) is 1. The number of nitrogens with one attached hydrogen (secondary N) is 1. The second-order valence-corrected chi connectivity index (χ2v) is 11.7. The van der Waals surface area contributed by atoms with E-state index < -0.39 is 45.1 Å². The van der Waals surface area contributed by atoms with E-state index in [-0.39, 0.29) is 77.2 Å². The minimum Gasteiger partial charge on any atom is -0.748 e. The number of hydrogen-bond acceptors (Lipinski definition) is 14. The number of hydrogen-bond donors (Lipinski definition) is 2. The molecule has 0 spiro atoms. The van der Waals surface area contributed by atoms with Gasteiger partial charge in [0.1, 0.15) is 18.0 Å². The molecule has 0 aromatic carbocycles. The van der Waals surface area contributed by atoms with Gasteiger partial charge in [-0.2, -0.15) is 9.36 Å². The molecule has 1 saturated heterocycles. The van der Waals surface area contributed by atoms with Crippen molar-refractivity contribution in [3.63, 3.8) is 0 Å². The Morgan fingerprint density at radius 2 is 2.05 bits per heavy atom. The third-order valence-corrected chi connectivity index (χ3v) is 8.24. The topological polar surface area (TPSA) is 224 Å². The van der Waals surface area contributed by atoms with E-state index in [1.54, 1.807) is 36.0 Å². The molecule has 0 saturated carbocycles. The second kappa shape index (κ2) is 13.4. The summed E-state index contributed by atoms with van der Waals surface area (Å²) in [4.78, 5) is 47.9. The summed E-state index contributed by atoms with van der Waals surface area (Å²) in [6.45, 7) is 1.94. The third kappa shape index (κ3) is 7.36. The molecule has 19 heteroatoms. The van der Waals surface area contributed by atoms with Crippen LogP contribution in [-0.2, 0) is 42.3 Å². The van der Waals surface area contributed by atoms with E-state index in [2.05, 4.69) is 19.8 Å². The third-order valence-electron chi connectivity index (χ3n) is 5.66. The summed E-state index contributed by atoms with van der Waals surface area (Å²) in [6, 6.07) is 2.20. The zero-order valence-electron chi connectivity index (χ0n) is 21.3. The van der Waals surface area contributed by atoms with Crippen LogP contribution >= 0.6 is 23.3 Å². The molecule has 40 heavy (non-hydrogen) atoms. The van der Waals surface area contributed by atoms with Crippen molar-refractivity contribution in [2.24, 2.45) is 5.16 Å². The van der Waals surface area contributed by atoms with Crippen LogP contribution in [0, 0.1) is 0 Å². The summed E-state index contributed by atoms with van der Waals surface area (Å²) in [5.74, 6) is -3.33. The van der Waals surface area contributed by atoms with Crippen LogP contribution in [-0.4, -0.2) is 80.3 Å². The summed E-state index contributed by atoms with van der Waals surface area (Å²) in [7, 11) is -4.34. The van der Waals surface area contributed by atoms with Crippen molar-refractivity contribution in [1.29, 1.82) is 0 Å². The van der Waals surface area contributed by atoms with Gasteiger partial charge in [0.15, 0.2) is 24.1 Å². The van der Waals surface area contributed by atoms with Crippen LogP contribution in [0.1, 0.15) is 18.3 Å². The Kier molecular flexibility index (Phi) is 10.7. The SMILES string of the molecule is CCON=C(C(=O)NC1C(=O)N2C(C(=O)[O-])=C(C[n+]3ccc(CCS(=O)(=O)[O-])cc3)CS[C@@H]12)c1nsc(N)n1.[Na+]. The van der Waals surface area contributed by atoms with Gasteiger partial charge < -0.3 is 30.3 Å². The molecule has 2 aromatic heterocycles. The fourth-order valence-corrected chi connectivity index (χ4v) is 6.13. The first kappa shape index (κ1) is 31.9. The van der Waals surface area contributed by atoms with Crippen LogP contribution in [0.3, 0.4) is 0 Å². The summed E-state index contributed by atoms with van der Waals surface area (Å²) in [5.41, 5.74) is 6.07. The molecule has 208 valence electrons.